The molecule has 0 spiro atoms. The van der Waals surface area contributed by atoms with Gasteiger partial charge >= 0.3 is 0 Å². The molecule has 1 heterocycles. The van der Waals surface area contributed by atoms with Gasteiger partial charge in [0, 0.05) is 12.0 Å². The quantitative estimate of drug-likeness (QED) is 0.627. The standard InChI is InChI=1S/C15H17N3O3S/c1-10(19)12-5-7-13(8-6-12)21-9-3-4-14(20)16-15-18-17-11(2)22-15/h5-8H,3-4,9H2,1-2H3,(H,16,18,20). The molecule has 0 radical (unpaired) electrons. The summed E-state index contributed by atoms with van der Waals surface area (Å²) in [6.07, 6.45) is 0.947. The Morgan fingerprint density at radius 3 is 2.55 bits per heavy atom. The minimum absolute atomic E-state index is 0.0233. The van der Waals surface area contributed by atoms with Gasteiger partial charge in [-0.05, 0) is 44.5 Å². The number of benzene rings is 1. The van der Waals surface area contributed by atoms with Gasteiger partial charge in [0.15, 0.2) is 5.78 Å². The van der Waals surface area contributed by atoms with Crippen LogP contribution in [0.2, 0.25) is 0 Å². The fourth-order valence-electron chi connectivity index (χ4n) is 1.74. The van der Waals surface area contributed by atoms with Gasteiger partial charge in [-0.25, -0.2) is 0 Å². The highest BCUT2D eigenvalue weighted by molar-refractivity contribution is 7.15. The van der Waals surface area contributed by atoms with Crippen LogP contribution in [0.5, 0.6) is 5.75 Å². The van der Waals surface area contributed by atoms with E-state index >= 15 is 0 Å². The zero-order valence-corrected chi connectivity index (χ0v) is 13.3. The third kappa shape index (κ3) is 4.92. The lowest BCUT2D eigenvalue weighted by atomic mass is 10.1. The van der Waals surface area contributed by atoms with E-state index in [1.165, 1.54) is 18.3 Å². The lowest BCUT2D eigenvalue weighted by Gasteiger charge is -2.06. The number of ketones is 1. The third-order valence-electron chi connectivity index (χ3n) is 2.85. The van der Waals surface area contributed by atoms with Gasteiger partial charge in [0.1, 0.15) is 10.8 Å². The number of nitrogens with one attached hydrogen (secondary N) is 1. The Morgan fingerprint density at radius 2 is 1.95 bits per heavy atom. The van der Waals surface area contributed by atoms with Gasteiger partial charge in [-0.1, -0.05) is 11.3 Å². The minimum Gasteiger partial charge on any atom is -0.494 e. The van der Waals surface area contributed by atoms with Crippen LogP contribution in [0.3, 0.4) is 0 Å². The summed E-state index contributed by atoms with van der Waals surface area (Å²) in [6.45, 7) is 3.79. The van der Waals surface area contributed by atoms with Gasteiger partial charge in [-0.15, -0.1) is 10.2 Å². The van der Waals surface area contributed by atoms with Crippen LogP contribution in [0.15, 0.2) is 24.3 Å². The van der Waals surface area contributed by atoms with Crippen LogP contribution in [0.25, 0.3) is 0 Å². The largest absolute Gasteiger partial charge is 0.494 e. The second-order valence-electron chi connectivity index (χ2n) is 4.71. The molecule has 116 valence electrons. The molecule has 1 aromatic carbocycles. The van der Waals surface area contributed by atoms with E-state index in [-0.39, 0.29) is 11.7 Å². The summed E-state index contributed by atoms with van der Waals surface area (Å²) in [6, 6.07) is 6.95. The third-order valence-corrected chi connectivity index (χ3v) is 3.60. The Morgan fingerprint density at radius 1 is 1.23 bits per heavy atom. The lowest BCUT2D eigenvalue weighted by molar-refractivity contribution is -0.116. The predicted octanol–water partition coefficient (Wildman–Crippen LogP) is 2.85. The fourth-order valence-corrected chi connectivity index (χ4v) is 2.35. The average Bonchev–Trinajstić information content (AvgIpc) is 2.89. The highest BCUT2D eigenvalue weighted by atomic mass is 32.1. The van der Waals surface area contributed by atoms with Crippen LogP contribution in [0.4, 0.5) is 5.13 Å². The van der Waals surface area contributed by atoms with Crippen molar-refractivity contribution in [3.63, 3.8) is 0 Å². The Bertz CT molecular complexity index is 652. The topological polar surface area (TPSA) is 81.2 Å². The van der Waals surface area contributed by atoms with E-state index in [2.05, 4.69) is 15.5 Å². The predicted molar refractivity (Wildman–Crippen MR) is 84.5 cm³/mol. The Balaban J connectivity index is 1.68. The molecule has 6 nitrogen and oxygen atoms in total. The molecule has 0 aliphatic heterocycles. The van der Waals surface area contributed by atoms with Gasteiger partial charge in [-0.3, -0.25) is 9.59 Å². The Kier molecular flexibility index (Phi) is 5.60. The summed E-state index contributed by atoms with van der Waals surface area (Å²) in [5, 5.41) is 11.7. The highest BCUT2D eigenvalue weighted by Gasteiger charge is 2.06. The first-order valence-electron chi connectivity index (χ1n) is 6.88. The number of nitrogens with zero attached hydrogens (tertiary/aromatic N) is 2. The Hall–Kier alpha value is -2.28. The molecule has 2 aromatic rings. The maximum Gasteiger partial charge on any atom is 0.226 e. The van der Waals surface area contributed by atoms with Crippen molar-refractivity contribution in [2.24, 2.45) is 0 Å². The molecule has 2 rings (SSSR count). The number of carbonyl (C=O) groups excluding carboxylic acids is 2. The van der Waals surface area contributed by atoms with Gasteiger partial charge in [0.25, 0.3) is 0 Å². The summed E-state index contributed by atoms with van der Waals surface area (Å²) < 4.78 is 5.53. The number of Topliss-reactive ketones (excluding diaryl/α,β-unsaturated/α-hetero) is 1. The zero-order valence-electron chi connectivity index (χ0n) is 12.5. The Labute approximate surface area is 132 Å². The number of carbonyl (C=O) groups is 2. The number of amides is 1. The zero-order chi connectivity index (χ0) is 15.9. The molecule has 1 N–H and O–H groups in total. The van der Waals surface area contributed by atoms with E-state index in [0.29, 0.717) is 35.9 Å². The summed E-state index contributed by atoms with van der Waals surface area (Å²) in [5.74, 6) is 0.604. The summed E-state index contributed by atoms with van der Waals surface area (Å²) in [4.78, 5) is 22.8. The molecule has 7 heteroatoms. The van der Waals surface area contributed by atoms with Crippen LogP contribution >= 0.6 is 11.3 Å². The van der Waals surface area contributed by atoms with Crippen LogP contribution in [-0.2, 0) is 4.79 Å². The van der Waals surface area contributed by atoms with Crippen molar-refractivity contribution < 1.29 is 14.3 Å². The van der Waals surface area contributed by atoms with E-state index < -0.39 is 0 Å². The van der Waals surface area contributed by atoms with Crippen LogP contribution in [0.1, 0.15) is 35.1 Å². The second-order valence-corrected chi connectivity index (χ2v) is 5.89. The first-order chi connectivity index (χ1) is 10.5. The van der Waals surface area contributed by atoms with E-state index in [0.717, 1.165) is 5.01 Å². The number of hydrogen-bond donors (Lipinski definition) is 1. The molecule has 0 aliphatic rings. The fraction of sp³-hybridized carbons (Fsp3) is 0.333. The number of aromatic nitrogens is 2. The van der Waals surface area contributed by atoms with E-state index in [4.69, 9.17) is 4.74 Å². The first-order valence-corrected chi connectivity index (χ1v) is 7.70. The molecule has 0 saturated heterocycles. The summed E-state index contributed by atoms with van der Waals surface area (Å²) in [7, 11) is 0. The van der Waals surface area contributed by atoms with Crippen LogP contribution < -0.4 is 10.1 Å². The van der Waals surface area contributed by atoms with Gasteiger partial charge in [0.2, 0.25) is 11.0 Å². The molecular formula is C15H17N3O3S. The van der Waals surface area contributed by atoms with Crippen molar-refractivity contribution in [2.75, 3.05) is 11.9 Å². The summed E-state index contributed by atoms with van der Waals surface area (Å²) in [5.41, 5.74) is 0.652. The normalized spacial score (nSPS) is 10.3. The maximum atomic E-state index is 11.7. The number of rotatable bonds is 7. The molecule has 0 atom stereocenters. The van der Waals surface area contributed by atoms with Gasteiger partial charge in [0.05, 0.1) is 6.61 Å². The highest BCUT2D eigenvalue weighted by Crippen LogP contribution is 2.15. The second kappa shape index (κ2) is 7.65. The van der Waals surface area contributed by atoms with Crippen molar-refractivity contribution in [3.8, 4) is 5.75 Å². The van der Waals surface area contributed by atoms with E-state index in [9.17, 15) is 9.59 Å². The molecule has 0 saturated carbocycles. The average molecular weight is 319 g/mol. The van der Waals surface area contributed by atoms with E-state index in [1.54, 1.807) is 24.3 Å². The minimum atomic E-state index is -0.105. The molecular weight excluding hydrogens is 302 g/mol. The molecule has 1 amide bonds. The van der Waals surface area contributed by atoms with E-state index in [1.807, 2.05) is 6.92 Å². The monoisotopic (exact) mass is 319 g/mol. The SMILES string of the molecule is CC(=O)c1ccc(OCCCC(=O)Nc2nnc(C)s2)cc1. The van der Waals surface area contributed by atoms with Crippen LogP contribution in [0, 0.1) is 6.92 Å². The van der Waals surface area contributed by atoms with Crippen molar-refractivity contribution in [2.45, 2.75) is 26.7 Å². The molecule has 0 fully saturated rings. The van der Waals surface area contributed by atoms with Gasteiger partial charge < -0.3 is 10.1 Å². The maximum absolute atomic E-state index is 11.7. The van der Waals surface area contributed by atoms with Crippen molar-refractivity contribution in [1.29, 1.82) is 0 Å². The van der Waals surface area contributed by atoms with Crippen LogP contribution in [-0.4, -0.2) is 28.5 Å². The molecule has 0 unspecified atom stereocenters. The smallest absolute Gasteiger partial charge is 0.226 e. The molecule has 1 aromatic heterocycles. The lowest BCUT2D eigenvalue weighted by Crippen LogP contribution is -2.12. The van der Waals surface area contributed by atoms with Gasteiger partial charge in [-0.2, -0.15) is 0 Å². The molecule has 0 aliphatic carbocycles. The van der Waals surface area contributed by atoms with Crippen molar-refractivity contribution >= 4 is 28.2 Å². The number of anilines is 1. The molecule has 0 bridgehead atoms. The number of aryl methyl sites for hydroxylation is 1. The van der Waals surface area contributed by atoms with Crippen molar-refractivity contribution in [3.05, 3.63) is 34.8 Å². The number of ether oxygens (including phenoxy) is 1. The first kappa shape index (κ1) is 16.1. The molecule has 22 heavy (non-hydrogen) atoms. The summed E-state index contributed by atoms with van der Waals surface area (Å²) >= 11 is 1.34. The number of hydrogen-bond acceptors (Lipinski definition) is 6. The van der Waals surface area contributed by atoms with Crippen molar-refractivity contribution in [1.82, 2.24) is 10.2 Å².